The summed E-state index contributed by atoms with van der Waals surface area (Å²) >= 11 is 0. The van der Waals surface area contributed by atoms with E-state index in [9.17, 15) is 4.79 Å². The van der Waals surface area contributed by atoms with Gasteiger partial charge in [-0.25, -0.2) is 0 Å². The predicted molar refractivity (Wildman–Crippen MR) is 115 cm³/mol. The van der Waals surface area contributed by atoms with Crippen molar-refractivity contribution in [3.05, 3.63) is 53.6 Å². The van der Waals surface area contributed by atoms with Gasteiger partial charge >= 0.3 is 0 Å². The third kappa shape index (κ3) is 5.02. The second kappa shape index (κ2) is 9.87. The van der Waals surface area contributed by atoms with E-state index in [1.807, 2.05) is 0 Å². The summed E-state index contributed by atoms with van der Waals surface area (Å²) < 4.78 is 16.0. The van der Waals surface area contributed by atoms with Gasteiger partial charge in [0.2, 0.25) is 11.7 Å². The molecule has 6 heteroatoms. The third-order valence-electron chi connectivity index (χ3n) is 5.00. The molecule has 0 saturated carbocycles. The monoisotopic (exact) mass is 396 g/mol. The Labute approximate surface area is 172 Å². The standard InChI is InChI=1S/C23H28N2O4/c1-27-20-15-17(16-21(28-2)23(20)29-3)9-10-22(26)24-12-6-13-25-14-11-18-7-4-5-8-19(18)25/h4-5,7-10,15-16H,6,11-14H2,1-3H3,(H,24,26)/b10-9+. The molecular weight excluding hydrogens is 368 g/mol. The number of amides is 1. The molecule has 1 N–H and O–H groups in total. The van der Waals surface area contributed by atoms with Gasteiger partial charge in [0.05, 0.1) is 21.3 Å². The molecule has 0 atom stereocenters. The number of anilines is 1. The fourth-order valence-corrected chi connectivity index (χ4v) is 3.55. The number of ether oxygens (including phenoxy) is 3. The SMILES string of the molecule is COc1cc(/C=C/C(=O)NCCCN2CCc3ccccc32)cc(OC)c1OC. The molecule has 1 amide bonds. The average molecular weight is 396 g/mol. The van der Waals surface area contributed by atoms with Crippen LogP contribution >= 0.6 is 0 Å². The smallest absolute Gasteiger partial charge is 0.244 e. The van der Waals surface area contributed by atoms with E-state index in [-0.39, 0.29) is 5.91 Å². The van der Waals surface area contributed by atoms with Gasteiger partial charge in [-0.1, -0.05) is 18.2 Å². The van der Waals surface area contributed by atoms with Gasteiger partial charge in [-0.2, -0.15) is 0 Å². The van der Waals surface area contributed by atoms with Crippen molar-refractivity contribution in [3.63, 3.8) is 0 Å². The Morgan fingerprint density at radius 2 is 1.83 bits per heavy atom. The molecule has 2 aromatic rings. The number of nitrogens with one attached hydrogen (secondary N) is 1. The number of hydrogen-bond donors (Lipinski definition) is 1. The van der Waals surface area contributed by atoms with Crippen molar-refractivity contribution >= 4 is 17.7 Å². The van der Waals surface area contributed by atoms with E-state index in [2.05, 4.69) is 34.5 Å². The summed E-state index contributed by atoms with van der Waals surface area (Å²) in [6.45, 7) is 2.62. The van der Waals surface area contributed by atoms with E-state index in [1.165, 1.54) is 17.3 Å². The van der Waals surface area contributed by atoms with Crippen LogP contribution in [0, 0.1) is 0 Å². The Balaban J connectivity index is 1.49. The first-order valence-electron chi connectivity index (χ1n) is 9.75. The molecule has 1 aliphatic heterocycles. The van der Waals surface area contributed by atoms with Crippen LogP contribution in [0.2, 0.25) is 0 Å². The van der Waals surface area contributed by atoms with Crippen LogP contribution < -0.4 is 24.4 Å². The Hall–Kier alpha value is -3.15. The topological polar surface area (TPSA) is 60.0 Å². The normalized spacial score (nSPS) is 12.7. The number of hydrogen-bond acceptors (Lipinski definition) is 5. The Bertz CT molecular complexity index is 854. The molecule has 154 valence electrons. The van der Waals surface area contributed by atoms with Crippen LogP contribution in [0.4, 0.5) is 5.69 Å². The highest BCUT2D eigenvalue weighted by Gasteiger charge is 2.17. The van der Waals surface area contributed by atoms with Gasteiger partial charge in [0.1, 0.15) is 0 Å². The third-order valence-corrected chi connectivity index (χ3v) is 5.00. The van der Waals surface area contributed by atoms with Crippen LogP contribution in [0.3, 0.4) is 0 Å². The summed E-state index contributed by atoms with van der Waals surface area (Å²) in [6.07, 6.45) is 5.25. The summed E-state index contributed by atoms with van der Waals surface area (Å²) in [5.74, 6) is 1.51. The summed E-state index contributed by atoms with van der Waals surface area (Å²) in [6, 6.07) is 12.1. The van der Waals surface area contributed by atoms with Crippen LogP contribution in [0.5, 0.6) is 17.2 Å². The lowest BCUT2D eigenvalue weighted by Gasteiger charge is -2.19. The number of rotatable bonds is 9. The van der Waals surface area contributed by atoms with E-state index in [1.54, 1.807) is 39.5 Å². The zero-order chi connectivity index (χ0) is 20.6. The minimum atomic E-state index is -0.124. The molecule has 0 unspecified atom stereocenters. The lowest BCUT2D eigenvalue weighted by atomic mass is 10.1. The Morgan fingerprint density at radius 1 is 1.10 bits per heavy atom. The molecule has 0 bridgehead atoms. The predicted octanol–water partition coefficient (Wildman–Crippen LogP) is 3.29. The number of methoxy groups -OCH3 is 3. The van der Waals surface area contributed by atoms with Gasteiger partial charge < -0.3 is 24.4 Å². The maximum atomic E-state index is 12.1. The zero-order valence-corrected chi connectivity index (χ0v) is 17.2. The Morgan fingerprint density at radius 3 is 2.52 bits per heavy atom. The first kappa shape index (κ1) is 20.6. The van der Waals surface area contributed by atoms with Crippen molar-refractivity contribution < 1.29 is 19.0 Å². The quantitative estimate of drug-likeness (QED) is 0.521. The first-order chi connectivity index (χ1) is 14.2. The average Bonchev–Trinajstić information content (AvgIpc) is 3.17. The molecule has 0 aliphatic carbocycles. The maximum Gasteiger partial charge on any atom is 0.244 e. The van der Waals surface area contributed by atoms with Crippen molar-refractivity contribution in [1.29, 1.82) is 0 Å². The van der Waals surface area contributed by atoms with Gasteiger partial charge in [0.15, 0.2) is 11.5 Å². The van der Waals surface area contributed by atoms with Gasteiger partial charge in [0, 0.05) is 31.4 Å². The number of carbonyl (C=O) groups is 1. The maximum absolute atomic E-state index is 12.1. The van der Waals surface area contributed by atoms with Crippen LogP contribution in [0.25, 0.3) is 6.08 Å². The minimum Gasteiger partial charge on any atom is -0.493 e. The number of fused-ring (bicyclic) bond motifs is 1. The molecule has 0 aromatic heterocycles. The lowest BCUT2D eigenvalue weighted by Crippen LogP contribution is -2.28. The van der Waals surface area contributed by atoms with E-state index in [4.69, 9.17) is 14.2 Å². The molecule has 0 spiro atoms. The molecule has 6 nitrogen and oxygen atoms in total. The lowest BCUT2D eigenvalue weighted by molar-refractivity contribution is -0.116. The van der Waals surface area contributed by atoms with Crippen molar-refractivity contribution in [2.75, 3.05) is 45.9 Å². The highest BCUT2D eigenvalue weighted by atomic mass is 16.5. The largest absolute Gasteiger partial charge is 0.493 e. The van der Waals surface area contributed by atoms with E-state index >= 15 is 0 Å². The van der Waals surface area contributed by atoms with Crippen LogP contribution in [0.1, 0.15) is 17.5 Å². The summed E-state index contributed by atoms with van der Waals surface area (Å²) in [7, 11) is 4.69. The van der Waals surface area contributed by atoms with Crippen LogP contribution in [-0.2, 0) is 11.2 Å². The van der Waals surface area contributed by atoms with Gasteiger partial charge in [-0.05, 0) is 48.2 Å². The molecule has 1 aliphatic rings. The van der Waals surface area contributed by atoms with E-state index < -0.39 is 0 Å². The summed E-state index contributed by atoms with van der Waals surface area (Å²) in [5.41, 5.74) is 3.52. The second-order valence-corrected chi connectivity index (χ2v) is 6.80. The summed E-state index contributed by atoms with van der Waals surface area (Å²) in [5, 5.41) is 2.94. The van der Waals surface area contributed by atoms with Crippen LogP contribution in [0.15, 0.2) is 42.5 Å². The molecule has 2 aromatic carbocycles. The minimum absolute atomic E-state index is 0.124. The fourth-order valence-electron chi connectivity index (χ4n) is 3.55. The Kier molecular flexibility index (Phi) is 7.00. The number of para-hydroxylation sites is 1. The van der Waals surface area contributed by atoms with Crippen LogP contribution in [-0.4, -0.2) is 46.9 Å². The van der Waals surface area contributed by atoms with Gasteiger partial charge in [0.25, 0.3) is 0 Å². The van der Waals surface area contributed by atoms with Crippen molar-refractivity contribution in [2.45, 2.75) is 12.8 Å². The summed E-state index contributed by atoms with van der Waals surface area (Å²) in [4.78, 5) is 14.5. The highest BCUT2D eigenvalue weighted by Crippen LogP contribution is 2.38. The molecule has 0 saturated heterocycles. The van der Waals surface area contributed by atoms with Gasteiger partial charge in [-0.15, -0.1) is 0 Å². The molecule has 1 heterocycles. The molecule has 3 rings (SSSR count). The second-order valence-electron chi connectivity index (χ2n) is 6.80. The van der Waals surface area contributed by atoms with Gasteiger partial charge in [-0.3, -0.25) is 4.79 Å². The molecular formula is C23H28N2O4. The highest BCUT2D eigenvalue weighted by molar-refractivity contribution is 5.91. The number of benzene rings is 2. The zero-order valence-electron chi connectivity index (χ0n) is 17.2. The van der Waals surface area contributed by atoms with Crippen molar-refractivity contribution in [2.24, 2.45) is 0 Å². The number of carbonyl (C=O) groups excluding carboxylic acids is 1. The number of nitrogens with zero attached hydrogens (tertiary/aromatic N) is 1. The van der Waals surface area contributed by atoms with Crippen molar-refractivity contribution in [1.82, 2.24) is 5.32 Å². The van der Waals surface area contributed by atoms with E-state index in [0.29, 0.717) is 23.8 Å². The molecule has 29 heavy (non-hydrogen) atoms. The van der Waals surface area contributed by atoms with Crippen molar-refractivity contribution in [3.8, 4) is 17.2 Å². The molecule has 0 fully saturated rings. The van der Waals surface area contributed by atoms with E-state index in [0.717, 1.165) is 31.5 Å². The first-order valence-corrected chi connectivity index (χ1v) is 9.75. The fraction of sp³-hybridized carbons (Fsp3) is 0.348. The molecule has 0 radical (unpaired) electrons.